The van der Waals surface area contributed by atoms with Gasteiger partial charge in [-0.05, 0) is 32.9 Å². The lowest BCUT2D eigenvalue weighted by atomic mass is 10.1. The van der Waals surface area contributed by atoms with Crippen LogP contribution in [0, 0.1) is 13.8 Å². The molecule has 1 atom stereocenters. The highest BCUT2D eigenvalue weighted by Gasteiger charge is 2.28. The van der Waals surface area contributed by atoms with Crippen LogP contribution in [0.4, 0.5) is 0 Å². The summed E-state index contributed by atoms with van der Waals surface area (Å²) in [6.07, 6.45) is 0. The van der Waals surface area contributed by atoms with Crippen molar-refractivity contribution in [2.45, 2.75) is 26.3 Å². The van der Waals surface area contributed by atoms with E-state index in [9.17, 15) is 0 Å². The van der Waals surface area contributed by atoms with Crippen molar-refractivity contribution in [3.05, 3.63) is 29.3 Å². The maximum Gasteiger partial charge on any atom is 0.259 e. The summed E-state index contributed by atoms with van der Waals surface area (Å²) in [5.74, 6) is 0.845. The Balaban J connectivity index is 2.35. The van der Waals surface area contributed by atoms with E-state index in [1.165, 1.54) is 0 Å². The third-order valence-electron chi connectivity index (χ3n) is 2.84. The predicted octanol–water partition coefficient (Wildman–Crippen LogP) is 1.57. The zero-order valence-electron chi connectivity index (χ0n) is 11.6. The molecule has 0 amide bonds. The van der Waals surface area contributed by atoms with Crippen LogP contribution >= 0.6 is 0 Å². The zero-order chi connectivity index (χ0) is 14.0. The van der Waals surface area contributed by atoms with Crippen molar-refractivity contribution in [1.29, 1.82) is 0 Å². The molecule has 19 heavy (non-hydrogen) atoms. The number of ether oxygens (including phenoxy) is 1. The molecule has 1 unspecified atom stereocenters. The maximum absolute atomic E-state index is 6.08. The van der Waals surface area contributed by atoms with Crippen molar-refractivity contribution in [2.75, 3.05) is 13.7 Å². The molecule has 0 aliphatic rings. The molecule has 0 saturated heterocycles. The highest BCUT2D eigenvalue weighted by molar-refractivity contribution is 5.56. The molecule has 0 saturated carbocycles. The zero-order valence-corrected chi connectivity index (χ0v) is 11.6. The molecular weight excluding hydrogens is 244 g/mol. The van der Waals surface area contributed by atoms with Crippen LogP contribution in [0.5, 0.6) is 0 Å². The molecule has 2 aromatic rings. The minimum absolute atomic E-state index is 0.317. The van der Waals surface area contributed by atoms with Crippen LogP contribution in [0.15, 0.2) is 16.7 Å². The third-order valence-corrected chi connectivity index (χ3v) is 2.84. The van der Waals surface area contributed by atoms with Crippen molar-refractivity contribution in [1.82, 2.24) is 15.1 Å². The highest BCUT2D eigenvalue weighted by Crippen LogP contribution is 2.23. The van der Waals surface area contributed by atoms with Gasteiger partial charge in [-0.15, -0.1) is 0 Å². The summed E-state index contributed by atoms with van der Waals surface area (Å²) in [6, 6.07) is 3.82. The van der Waals surface area contributed by atoms with E-state index in [1.54, 1.807) is 14.0 Å². The van der Waals surface area contributed by atoms with Gasteiger partial charge < -0.3 is 15.0 Å². The number of aromatic nitrogens is 3. The fourth-order valence-corrected chi connectivity index (χ4v) is 1.84. The Morgan fingerprint density at radius 3 is 2.68 bits per heavy atom. The molecule has 0 aliphatic carbocycles. The molecule has 0 fully saturated rings. The van der Waals surface area contributed by atoms with Gasteiger partial charge >= 0.3 is 0 Å². The lowest BCUT2D eigenvalue weighted by molar-refractivity contribution is 0.135. The number of methoxy groups -OCH3 is 1. The second kappa shape index (κ2) is 5.07. The number of aryl methyl sites for hydroxylation is 2. The van der Waals surface area contributed by atoms with Crippen molar-refractivity contribution >= 4 is 0 Å². The SMILES string of the molecule is COCC(C)(N)c1noc(-c2ccc(C)nc2C)n1. The third kappa shape index (κ3) is 2.80. The number of rotatable bonds is 4. The number of pyridine rings is 1. The van der Waals surface area contributed by atoms with Crippen molar-refractivity contribution in [3.8, 4) is 11.5 Å². The van der Waals surface area contributed by atoms with Crippen LogP contribution < -0.4 is 5.73 Å². The van der Waals surface area contributed by atoms with Gasteiger partial charge in [0.2, 0.25) is 0 Å². The summed E-state index contributed by atoms with van der Waals surface area (Å²) < 4.78 is 10.3. The van der Waals surface area contributed by atoms with Crippen LogP contribution in [0.3, 0.4) is 0 Å². The number of hydrogen-bond acceptors (Lipinski definition) is 6. The second-order valence-electron chi connectivity index (χ2n) is 4.86. The summed E-state index contributed by atoms with van der Waals surface area (Å²) in [4.78, 5) is 8.71. The van der Waals surface area contributed by atoms with Crippen LogP contribution in [0.2, 0.25) is 0 Å². The van der Waals surface area contributed by atoms with E-state index >= 15 is 0 Å². The van der Waals surface area contributed by atoms with E-state index in [1.807, 2.05) is 26.0 Å². The first-order chi connectivity index (χ1) is 8.94. The van der Waals surface area contributed by atoms with Gasteiger partial charge in [-0.1, -0.05) is 5.16 Å². The van der Waals surface area contributed by atoms with E-state index in [2.05, 4.69) is 15.1 Å². The van der Waals surface area contributed by atoms with Gasteiger partial charge in [0.1, 0.15) is 5.54 Å². The van der Waals surface area contributed by atoms with Gasteiger partial charge in [-0.2, -0.15) is 4.98 Å². The van der Waals surface area contributed by atoms with Crippen molar-refractivity contribution in [2.24, 2.45) is 5.73 Å². The van der Waals surface area contributed by atoms with E-state index in [4.69, 9.17) is 15.0 Å². The van der Waals surface area contributed by atoms with Crippen molar-refractivity contribution < 1.29 is 9.26 Å². The number of nitrogens with two attached hydrogens (primary N) is 1. The quantitative estimate of drug-likeness (QED) is 0.899. The fourth-order valence-electron chi connectivity index (χ4n) is 1.84. The lowest BCUT2D eigenvalue weighted by Gasteiger charge is -2.18. The molecule has 2 rings (SSSR count). The Bertz CT molecular complexity index is 578. The molecule has 0 aromatic carbocycles. The Morgan fingerprint density at radius 1 is 1.32 bits per heavy atom. The van der Waals surface area contributed by atoms with E-state index in [0.29, 0.717) is 18.3 Å². The van der Waals surface area contributed by atoms with Gasteiger partial charge in [0.15, 0.2) is 5.82 Å². The summed E-state index contributed by atoms with van der Waals surface area (Å²) >= 11 is 0. The smallest absolute Gasteiger partial charge is 0.259 e. The van der Waals surface area contributed by atoms with Gasteiger partial charge in [0.25, 0.3) is 5.89 Å². The van der Waals surface area contributed by atoms with Crippen LogP contribution in [-0.2, 0) is 10.3 Å². The topological polar surface area (TPSA) is 87.1 Å². The summed E-state index contributed by atoms with van der Waals surface area (Å²) in [6.45, 7) is 5.96. The second-order valence-corrected chi connectivity index (χ2v) is 4.86. The van der Waals surface area contributed by atoms with Crippen molar-refractivity contribution in [3.63, 3.8) is 0 Å². The molecule has 0 bridgehead atoms. The van der Waals surface area contributed by atoms with E-state index in [0.717, 1.165) is 17.0 Å². The monoisotopic (exact) mass is 262 g/mol. The van der Waals surface area contributed by atoms with E-state index in [-0.39, 0.29) is 0 Å². The summed E-state index contributed by atoms with van der Waals surface area (Å²) in [7, 11) is 1.58. The van der Waals surface area contributed by atoms with Crippen LogP contribution in [-0.4, -0.2) is 28.8 Å². The lowest BCUT2D eigenvalue weighted by Crippen LogP contribution is -2.38. The van der Waals surface area contributed by atoms with Gasteiger partial charge in [-0.25, -0.2) is 0 Å². The summed E-state index contributed by atoms with van der Waals surface area (Å²) in [5.41, 5.74) is 7.91. The predicted molar refractivity (Wildman–Crippen MR) is 70.4 cm³/mol. The molecule has 2 N–H and O–H groups in total. The van der Waals surface area contributed by atoms with Gasteiger partial charge in [0, 0.05) is 12.8 Å². The highest BCUT2D eigenvalue weighted by atomic mass is 16.5. The first-order valence-corrected chi connectivity index (χ1v) is 6.00. The molecule has 0 radical (unpaired) electrons. The fraction of sp³-hybridized carbons (Fsp3) is 0.462. The Morgan fingerprint density at radius 2 is 2.05 bits per heavy atom. The maximum atomic E-state index is 6.08. The normalized spacial score (nSPS) is 14.4. The van der Waals surface area contributed by atoms with E-state index < -0.39 is 5.54 Å². The molecular formula is C13H18N4O2. The number of hydrogen-bond donors (Lipinski definition) is 1. The average molecular weight is 262 g/mol. The molecule has 6 nitrogen and oxygen atoms in total. The molecule has 2 aromatic heterocycles. The Hall–Kier alpha value is -1.79. The largest absolute Gasteiger partial charge is 0.382 e. The average Bonchev–Trinajstić information content (AvgIpc) is 2.78. The Kier molecular flexibility index (Phi) is 3.64. The first-order valence-electron chi connectivity index (χ1n) is 6.00. The molecule has 0 aliphatic heterocycles. The van der Waals surface area contributed by atoms with Gasteiger partial charge in [-0.3, -0.25) is 4.98 Å². The Labute approximate surface area is 112 Å². The first kappa shape index (κ1) is 13.6. The standard InChI is InChI=1S/C13H18N4O2/c1-8-5-6-10(9(2)15-8)11-16-12(17-19-11)13(3,14)7-18-4/h5-6H,7,14H2,1-4H3. The molecule has 0 spiro atoms. The molecule has 102 valence electrons. The van der Waals surface area contributed by atoms with Crippen LogP contribution in [0.1, 0.15) is 24.1 Å². The molecule has 2 heterocycles. The van der Waals surface area contributed by atoms with Crippen LogP contribution in [0.25, 0.3) is 11.5 Å². The minimum atomic E-state index is -0.775. The molecule has 6 heteroatoms. The number of nitrogens with zero attached hydrogens (tertiary/aromatic N) is 3. The summed E-state index contributed by atoms with van der Waals surface area (Å²) in [5, 5.41) is 3.93. The van der Waals surface area contributed by atoms with Gasteiger partial charge in [0.05, 0.1) is 17.9 Å². The minimum Gasteiger partial charge on any atom is -0.382 e.